The summed E-state index contributed by atoms with van der Waals surface area (Å²) in [6.45, 7) is 0.531. The highest BCUT2D eigenvalue weighted by Crippen LogP contribution is 2.34. The number of ether oxygens (including phenoxy) is 3. The monoisotopic (exact) mass is 479 g/mol. The molecule has 0 radical (unpaired) electrons. The van der Waals surface area contributed by atoms with Crippen LogP contribution in [0.4, 0.5) is 4.39 Å². The third kappa shape index (κ3) is 4.09. The quantitative estimate of drug-likeness (QED) is 0.518. The number of fused-ring (bicyclic) bond motifs is 2. The fourth-order valence-corrected chi connectivity index (χ4v) is 5.18. The summed E-state index contributed by atoms with van der Waals surface area (Å²) in [6, 6.07) is 10.8. The first kappa shape index (κ1) is 22.2. The SMILES string of the molecule is NC(=O)C1CC=C(c2ccc(-c3nc4cc(OC5COC6C(O)CO[C@H]56)[nH]c4cc3F)cc2)CC1. The second-order valence-corrected chi connectivity index (χ2v) is 9.39. The number of benzene rings is 1. The van der Waals surface area contributed by atoms with Gasteiger partial charge >= 0.3 is 0 Å². The lowest BCUT2D eigenvalue weighted by Crippen LogP contribution is -2.34. The smallest absolute Gasteiger partial charge is 0.220 e. The first-order valence-electron chi connectivity index (χ1n) is 11.8. The van der Waals surface area contributed by atoms with Crippen molar-refractivity contribution in [1.82, 2.24) is 9.97 Å². The summed E-state index contributed by atoms with van der Waals surface area (Å²) < 4.78 is 32.2. The summed E-state index contributed by atoms with van der Waals surface area (Å²) in [5.74, 6) is -0.348. The molecule has 2 saturated heterocycles. The zero-order chi connectivity index (χ0) is 24.1. The van der Waals surface area contributed by atoms with Crippen molar-refractivity contribution in [1.29, 1.82) is 0 Å². The number of pyridine rings is 1. The number of aromatic amines is 1. The van der Waals surface area contributed by atoms with E-state index >= 15 is 0 Å². The molecule has 9 heteroatoms. The first-order valence-corrected chi connectivity index (χ1v) is 11.8. The number of carbonyl (C=O) groups excluding carboxylic acids is 1. The molecule has 4 unspecified atom stereocenters. The van der Waals surface area contributed by atoms with Gasteiger partial charge in [0, 0.05) is 23.6 Å². The van der Waals surface area contributed by atoms with E-state index in [9.17, 15) is 14.3 Å². The van der Waals surface area contributed by atoms with E-state index < -0.39 is 11.9 Å². The van der Waals surface area contributed by atoms with E-state index in [-0.39, 0.29) is 42.4 Å². The van der Waals surface area contributed by atoms with Gasteiger partial charge in [-0.15, -0.1) is 0 Å². The molecule has 3 aromatic rings. The third-order valence-corrected chi connectivity index (χ3v) is 7.13. The minimum absolute atomic E-state index is 0.0989. The number of H-pyrrole nitrogens is 1. The number of halogens is 1. The first-order chi connectivity index (χ1) is 17.0. The molecule has 1 amide bonds. The van der Waals surface area contributed by atoms with Gasteiger partial charge in [-0.1, -0.05) is 30.3 Å². The van der Waals surface area contributed by atoms with Crippen molar-refractivity contribution in [3.05, 3.63) is 53.9 Å². The van der Waals surface area contributed by atoms with Crippen molar-refractivity contribution >= 4 is 22.5 Å². The van der Waals surface area contributed by atoms with Gasteiger partial charge in [0.2, 0.25) is 5.91 Å². The van der Waals surface area contributed by atoms with Crippen LogP contribution in [0.3, 0.4) is 0 Å². The van der Waals surface area contributed by atoms with E-state index in [4.69, 9.17) is 19.9 Å². The van der Waals surface area contributed by atoms with Crippen molar-refractivity contribution in [3.8, 4) is 17.1 Å². The molecular weight excluding hydrogens is 453 g/mol. The van der Waals surface area contributed by atoms with E-state index in [1.165, 1.54) is 11.6 Å². The van der Waals surface area contributed by atoms with E-state index in [1.54, 1.807) is 6.07 Å². The summed E-state index contributed by atoms with van der Waals surface area (Å²) in [6.07, 6.45) is 2.51. The highest BCUT2D eigenvalue weighted by molar-refractivity contribution is 5.82. The molecule has 182 valence electrons. The lowest BCUT2D eigenvalue weighted by Gasteiger charge is -2.19. The van der Waals surface area contributed by atoms with Crippen LogP contribution in [0.15, 0.2) is 42.5 Å². The summed E-state index contributed by atoms with van der Waals surface area (Å²) in [7, 11) is 0. The molecule has 1 aliphatic carbocycles. The average Bonchev–Trinajstić information content (AvgIpc) is 3.55. The van der Waals surface area contributed by atoms with Gasteiger partial charge in [-0.25, -0.2) is 9.37 Å². The van der Waals surface area contributed by atoms with Crippen molar-refractivity contribution in [3.63, 3.8) is 0 Å². The number of nitrogens with zero attached hydrogens (tertiary/aromatic N) is 1. The normalized spacial score (nSPS) is 28.2. The Morgan fingerprint density at radius 1 is 1.14 bits per heavy atom. The molecule has 2 fully saturated rings. The maximum absolute atomic E-state index is 15.0. The maximum atomic E-state index is 15.0. The molecule has 5 atom stereocenters. The lowest BCUT2D eigenvalue weighted by molar-refractivity contribution is -0.121. The van der Waals surface area contributed by atoms with Crippen LogP contribution < -0.4 is 10.5 Å². The van der Waals surface area contributed by atoms with Crippen molar-refractivity contribution in [2.24, 2.45) is 11.7 Å². The highest BCUT2D eigenvalue weighted by atomic mass is 19.1. The van der Waals surface area contributed by atoms with Gasteiger partial charge in [0.1, 0.15) is 24.0 Å². The highest BCUT2D eigenvalue weighted by Gasteiger charge is 2.48. The molecule has 4 N–H and O–H groups in total. The van der Waals surface area contributed by atoms with Crippen molar-refractivity contribution in [2.75, 3.05) is 13.2 Å². The van der Waals surface area contributed by atoms with E-state index in [0.29, 0.717) is 35.5 Å². The lowest BCUT2D eigenvalue weighted by atomic mass is 9.86. The minimum Gasteiger partial charge on any atom is -0.470 e. The fraction of sp³-hybridized carbons (Fsp3) is 0.385. The molecule has 2 aliphatic heterocycles. The van der Waals surface area contributed by atoms with E-state index in [2.05, 4.69) is 16.0 Å². The number of aliphatic hydroxyl groups is 1. The van der Waals surface area contributed by atoms with E-state index in [0.717, 1.165) is 18.4 Å². The summed E-state index contributed by atoms with van der Waals surface area (Å²) >= 11 is 0. The number of aromatic nitrogens is 2. The summed E-state index contributed by atoms with van der Waals surface area (Å²) in [5, 5.41) is 9.90. The molecule has 0 saturated carbocycles. The number of amides is 1. The molecule has 2 aromatic heterocycles. The molecule has 3 aliphatic rings. The van der Waals surface area contributed by atoms with Crippen LogP contribution in [0.5, 0.6) is 5.88 Å². The number of primary amides is 1. The molecule has 0 bridgehead atoms. The average molecular weight is 480 g/mol. The number of carbonyl (C=O) groups is 1. The van der Waals surface area contributed by atoms with Gasteiger partial charge in [-0.2, -0.15) is 0 Å². The Labute approximate surface area is 200 Å². The Hall–Kier alpha value is -3.27. The Morgan fingerprint density at radius 2 is 1.91 bits per heavy atom. The molecular formula is C26H26FN3O5. The van der Waals surface area contributed by atoms with Crippen LogP contribution in [0.25, 0.3) is 27.9 Å². The van der Waals surface area contributed by atoms with Gasteiger partial charge < -0.3 is 30.0 Å². The largest absolute Gasteiger partial charge is 0.470 e. The third-order valence-electron chi connectivity index (χ3n) is 7.13. The summed E-state index contributed by atoms with van der Waals surface area (Å²) in [5.41, 5.74) is 9.66. The second kappa shape index (κ2) is 8.75. The Balaban J connectivity index is 1.21. The van der Waals surface area contributed by atoms with Crippen LogP contribution in [-0.2, 0) is 14.3 Å². The Kier molecular flexibility index (Phi) is 5.55. The number of rotatable bonds is 5. The Bertz CT molecular complexity index is 1300. The zero-order valence-electron chi connectivity index (χ0n) is 18.9. The summed E-state index contributed by atoms with van der Waals surface area (Å²) in [4.78, 5) is 19.0. The van der Waals surface area contributed by atoms with Crippen LogP contribution in [-0.4, -0.2) is 58.6 Å². The predicted octanol–water partition coefficient (Wildman–Crippen LogP) is 2.94. The fourth-order valence-electron chi connectivity index (χ4n) is 5.18. The topological polar surface area (TPSA) is 120 Å². The van der Waals surface area contributed by atoms with Gasteiger partial charge in [0.05, 0.1) is 24.2 Å². The molecule has 8 nitrogen and oxygen atoms in total. The minimum atomic E-state index is -0.650. The standard InChI is InChI=1S/C26H26FN3O5/c27-17-9-18-19(10-22(29-18)35-21-12-34-24-20(31)11-33-25(21)24)30-23(17)15-5-1-13(2-6-15)14-3-7-16(8-4-14)26(28)32/h1-3,5-6,9-10,16,20-21,24-25,29,31H,4,7-8,11-12H2,(H2,28,32)/t16?,20?,21?,24?,25-/m1/s1. The zero-order valence-corrected chi connectivity index (χ0v) is 18.9. The molecule has 4 heterocycles. The van der Waals surface area contributed by atoms with Crippen LogP contribution >= 0.6 is 0 Å². The van der Waals surface area contributed by atoms with Crippen LogP contribution in [0.2, 0.25) is 0 Å². The number of hydrogen-bond donors (Lipinski definition) is 3. The van der Waals surface area contributed by atoms with Gasteiger partial charge in [0.15, 0.2) is 17.8 Å². The van der Waals surface area contributed by atoms with Gasteiger partial charge in [0.25, 0.3) is 0 Å². The molecule has 1 aromatic carbocycles. The van der Waals surface area contributed by atoms with E-state index in [1.807, 2.05) is 24.3 Å². The van der Waals surface area contributed by atoms with Crippen LogP contribution in [0, 0.1) is 11.7 Å². The number of aliphatic hydroxyl groups excluding tert-OH is 1. The predicted molar refractivity (Wildman–Crippen MR) is 126 cm³/mol. The number of nitrogens with two attached hydrogens (primary N) is 1. The molecule has 35 heavy (non-hydrogen) atoms. The van der Waals surface area contributed by atoms with Crippen LogP contribution in [0.1, 0.15) is 24.8 Å². The molecule has 6 rings (SSSR count). The van der Waals surface area contributed by atoms with Gasteiger partial charge in [-0.05, 0) is 30.4 Å². The van der Waals surface area contributed by atoms with Crippen molar-refractivity contribution < 1.29 is 28.5 Å². The maximum Gasteiger partial charge on any atom is 0.220 e. The number of nitrogens with one attached hydrogen (secondary N) is 1. The second-order valence-electron chi connectivity index (χ2n) is 9.39. The number of allylic oxidation sites excluding steroid dienone is 2. The number of hydrogen-bond acceptors (Lipinski definition) is 6. The van der Waals surface area contributed by atoms with Gasteiger partial charge in [-0.3, -0.25) is 4.79 Å². The van der Waals surface area contributed by atoms with Crippen molar-refractivity contribution in [2.45, 2.75) is 43.7 Å². The molecule has 0 spiro atoms. The Morgan fingerprint density at radius 3 is 2.66 bits per heavy atom.